The van der Waals surface area contributed by atoms with Gasteiger partial charge in [-0.2, -0.15) is 16.2 Å². The SMILES string of the molecule is C#Cc1ccc(COc2c(-c3c(C)c(F)cc4n[n-]cc34)c(Cl)c3c4c(nc(OC5CCOC5)nc24)N2C(CO3)C3C[C@H]2C[N-]3)cc1.[Pd].[Ta]. The molecule has 2 aromatic heterocycles. The van der Waals surface area contributed by atoms with Crippen LogP contribution in [0.4, 0.5) is 10.2 Å². The second-order valence-electron chi connectivity index (χ2n) is 12.4. The summed E-state index contributed by atoms with van der Waals surface area (Å²) >= 11 is 7.41. The van der Waals surface area contributed by atoms with Crippen molar-refractivity contribution in [2.45, 2.75) is 50.6 Å². The zero-order chi connectivity index (χ0) is 31.8. The van der Waals surface area contributed by atoms with Gasteiger partial charge in [-0.3, -0.25) is 0 Å². The van der Waals surface area contributed by atoms with Gasteiger partial charge < -0.3 is 39.4 Å². The van der Waals surface area contributed by atoms with Gasteiger partial charge in [0.05, 0.1) is 29.1 Å². The first-order valence-corrected chi connectivity index (χ1v) is 16.0. The van der Waals surface area contributed by atoms with Crippen LogP contribution in [0.1, 0.15) is 29.5 Å². The van der Waals surface area contributed by atoms with Gasteiger partial charge in [-0.25, -0.2) is 4.39 Å². The monoisotopic (exact) mass is 937 g/mol. The Morgan fingerprint density at radius 3 is 2.80 bits per heavy atom. The molecule has 3 unspecified atom stereocenters. The maximum atomic E-state index is 15.6. The summed E-state index contributed by atoms with van der Waals surface area (Å²) in [5.74, 6) is 3.62. The van der Waals surface area contributed by atoms with E-state index in [1.165, 1.54) is 6.07 Å². The van der Waals surface area contributed by atoms with E-state index in [1.54, 1.807) is 13.1 Å². The fourth-order valence-electron chi connectivity index (χ4n) is 7.34. The van der Waals surface area contributed by atoms with E-state index in [-0.39, 0.29) is 84.7 Å². The average Bonchev–Trinajstić information content (AvgIpc) is 3.90. The molecule has 3 saturated heterocycles. The van der Waals surface area contributed by atoms with Gasteiger partial charge >= 0.3 is 6.01 Å². The number of fused-ring (bicyclic) bond motifs is 7. The molecule has 5 aromatic rings. The van der Waals surface area contributed by atoms with E-state index in [2.05, 4.69) is 21.0 Å². The summed E-state index contributed by atoms with van der Waals surface area (Å²) in [5, 5.41) is 14.6. The van der Waals surface area contributed by atoms with Crippen molar-refractivity contribution in [2.75, 3.05) is 31.3 Å². The molecule has 9 rings (SSSR count). The number of halogens is 2. The largest absolute Gasteiger partial charge is 0.656 e. The summed E-state index contributed by atoms with van der Waals surface area (Å²) in [5.41, 5.74) is 3.77. The van der Waals surface area contributed by atoms with Crippen molar-refractivity contribution >= 4 is 39.2 Å². The molecular weight excluding hydrogens is 910 g/mol. The molecule has 4 aliphatic heterocycles. The molecule has 6 heterocycles. The second-order valence-corrected chi connectivity index (χ2v) is 12.8. The van der Waals surface area contributed by atoms with Crippen LogP contribution in [0.5, 0.6) is 17.5 Å². The molecule has 0 saturated carbocycles. The van der Waals surface area contributed by atoms with Gasteiger partial charge in [0.2, 0.25) is 0 Å². The minimum atomic E-state index is -0.445. The van der Waals surface area contributed by atoms with Gasteiger partial charge in [-0.15, -0.1) is 19.0 Å². The van der Waals surface area contributed by atoms with E-state index in [1.807, 2.05) is 24.3 Å². The van der Waals surface area contributed by atoms with Crippen LogP contribution in [-0.2, 0) is 54.1 Å². The van der Waals surface area contributed by atoms with Crippen LogP contribution in [0, 0.1) is 25.1 Å². The first-order valence-electron chi connectivity index (χ1n) is 15.6. The van der Waals surface area contributed by atoms with E-state index < -0.39 is 5.82 Å². The number of benzene rings is 3. The number of aromatic nitrogens is 4. The van der Waals surface area contributed by atoms with Crippen LogP contribution in [0.2, 0.25) is 5.02 Å². The Bertz CT molecular complexity index is 2120. The summed E-state index contributed by atoms with van der Waals surface area (Å²) in [4.78, 5) is 12.3. The molecule has 1 radical (unpaired) electrons. The quantitative estimate of drug-likeness (QED) is 0.156. The number of terminal acetylenes is 1. The molecule has 10 nitrogen and oxygen atoms in total. The first kappa shape index (κ1) is 34.2. The number of nitrogens with zero attached hydrogens (tertiary/aromatic N) is 6. The predicted molar refractivity (Wildman–Crippen MR) is 174 cm³/mol. The van der Waals surface area contributed by atoms with E-state index in [0.717, 1.165) is 24.0 Å². The van der Waals surface area contributed by atoms with Crippen LogP contribution in [-0.4, -0.2) is 65.7 Å². The van der Waals surface area contributed by atoms with Crippen LogP contribution >= 0.6 is 11.6 Å². The third-order valence-corrected chi connectivity index (χ3v) is 10.0. The fourth-order valence-corrected chi connectivity index (χ4v) is 7.67. The van der Waals surface area contributed by atoms with E-state index in [0.29, 0.717) is 82.2 Å². The third-order valence-electron chi connectivity index (χ3n) is 9.67. The number of ether oxygens (including phenoxy) is 4. The van der Waals surface area contributed by atoms with Crippen molar-refractivity contribution in [1.29, 1.82) is 0 Å². The third kappa shape index (κ3) is 5.62. The Morgan fingerprint density at radius 2 is 2.02 bits per heavy atom. The van der Waals surface area contributed by atoms with Crippen molar-refractivity contribution in [1.82, 2.24) is 20.2 Å². The van der Waals surface area contributed by atoms with Gasteiger partial charge in [0.25, 0.3) is 0 Å². The van der Waals surface area contributed by atoms with E-state index >= 15 is 4.39 Å². The summed E-state index contributed by atoms with van der Waals surface area (Å²) in [6.07, 6.45) is 8.64. The summed E-state index contributed by atoms with van der Waals surface area (Å²) in [6.45, 7) is 3.96. The van der Waals surface area contributed by atoms with Crippen molar-refractivity contribution in [3.63, 3.8) is 0 Å². The molecular formula is C35H28ClFN6O4PdTa-2. The molecule has 14 heteroatoms. The second kappa shape index (κ2) is 13.5. The molecule has 0 spiro atoms. The maximum absolute atomic E-state index is 15.6. The van der Waals surface area contributed by atoms with Crippen molar-refractivity contribution < 1.29 is 66.1 Å². The summed E-state index contributed by atoms with van der Waals surface area (Å²) < 4.78 is 40.8. The molecule has 4 atom stereocenters. The Balaban J connectivity index is 0.00000189. The van der Waals surface area contributed by atoms with Gasteiger partial charge in [0.1, 0.15) is 36.5 Å². The standard InChI is InChI=1S/C35H28ClFN6O4.Pd.Ta/c1-3-18-4-6-19(7-5-18)14-45-33-28(27-17(2)23(37)11-24-22(27)13-39-42-24)30(36)32-29-31(33)40-35(47-21-8-9-44-15-21)41-34(29)43-20-10-25(38-12-20)26(43)16-46-32;;/h1,4-7,11,13,20-21,25-26H,8-10,12,14-16H2,2H3;;/q-2;;/t20-,21?,25?,26?;;/m0../s1. The predicted octanol–water partition coefficient (Wildman–Crippen LogP) is 5.72. The van der Waals surface area contributed by atoms with Gasteiger partial charge in [-0.1, -0.05) is 29.7 Å². The molecule has 3 fully saturated rings. The minimum Gasteiger partial charge on any atom is -0.656 e. The number of hydrogen-bond donors (Lipinski definition) is 0. The van der Waals surface area contributed by atoms with Gasteiger partial charge in [0.15, 0.2) is 11.5 Å². The molecule has 49 heavy (non-hydrogen) atoms. The fraction of sp³-hybridized carbons (Fsp3) is 0.343. The van der Waals surface area contributed by atoms with Crippen LogP contribution in [0.15, 0.2) is 36.5 Å². The Labute approximate surface area is 315 Å². The Hall–Kier alpha value is -3.23. The molecule has 0 N–H and O–H groups in total. The van der Waals surface area contributed by atoms with Crippen LogP contribution in [0.3, 0.4) is 0 Å². The smallest absolute Gasteiger partial charge is 0.319 e. The molecule has 0 aliphatic carbocycles. The van der Waals surface area contributed by atoms with Crippen molar-refractivity contribution in [3.05, 3.63) is 69.4 Å². The number of piperazine rings is 1. The zero-order valence-electron chi connectivity index (χ0n) is 26.1. The Kier molecular flexibility index (Phi) is 9.42. The zero-order valence-corrected chi connectivity index (χ0v) is 31.7. The van der Waals surface area contributed by atoms with Crippen LogP contribution < -0.4 is 24.2 Å². The maximum Gasteiger partial charge on any atom is 0.319 e. The molecule has 0 amide bonds. The number of rotatable bonds is 6. The molecule has 4 aliphatic rings. The van der Waals surface area contributed by atoms with Crippen LogP contribution in [0.25, 0.3) is 38.2 Å². The normalized spacial score (nSPS) is 21.8. The minimum absolute atomic E-state index is 0. The van der Waals surface area contributed by atoms with E-state index in [9.17, 15) is 0 Å². The van der Waals surface area contributed by atoms with Gasteiger partial charge in [-0.05, 0) is 48.1 Å². The first-order chi connectivity index (χ1) is 23.0. The summed E-state index contributed by atoms with van der Waals surface area (Å²) in [7, 11) is 0. The summed E-state index contributed by atoms with van der Waals surface area (Å²) in [6, 6.07) is 9.33. The molecule has 2 bridgehead atoms. The van der Waals surface area contributed by atoms with Crippen molar-refractivity contribution in [2.24, 2.45) is 0 Å². The molecule has 3 aromatic carbocycles. The topological polar surface area (TPSA) is 107 Å². The van der Waals surface area contributed by atoms with Crippen molar-refractivity contribution in [3.8, 4) is 41.0 Å². The van der Waals surface area contributed by atoms with Gasteiger partial charge in [0, 0.05) is 78.0 Å². The number of hydrogen-bond acceptors (Lipinski definition) is 8. The molecule has 253 valence electrons. The Morgan fingerprint density at radius 1 is 1.18 bits per heavy atom. The van der Waals surface area contributed by atoms with E-state index in [4.69, 9.17) is 52.3 Å². The average molecular weight is 938 g/mol. The number of anilines is 1.